The summed E-state index contributed by atoms with van der Waals surface area (Å²) in [7, 11) is 1.88. The van der Waals surface area contributed by atoms with Crippen molar-refractivity contribution in [2.45, 2.75) is 19.4 Å². The Morgan fingerprint density at radius 1 is 1.47 bits per heavy atom. The van der Waals surface area contributed by atoms with Crippen molar-refractivity contribution < 1.29 is 4.92 Å². The van der Waals surface area contributed by atoms with Crippen molar-refractivity contribution in [2.24, 2.45) is 0 Å². The van der Waals surface area contributed by atoms with Crippen LogP contribution in [0.25, 0.3) is 10.6 Å². The van der Waals surface area contributed by atoms with Gasteiger partial charge in [0, 0.05) is 17.7 Å². The minimum Gasteiger partial charge on any atom is -0.311 e. The molecule has 0 amide bonds. The van der Waals surface area contributed by atoms with Crippen LogP contribution in [0.1, 0.15) is 24.4 Å². The third kappa shape index (κ3) is 2.94. The third-order valence-electron chi connectivity index (χ3n) is 2.80. The van der Waals surface area contributed by atoms with E-state index < -0.39 is 4.92 Å². The van der Waals surface area contributed by atoms with Crippen LogP contribution in [0.5, 0.6) is 0 Å². The van der Waals surface area contributed by atoms with Crippen LogP contribution in [0, 0.1) is 10.1 Å². The summed E-state index contributed by atoms with van der Waals surface area (Å²) in [6, 6.07) is 6.62. The molecule has 0 radical (unpaired) electrons. The molecule has 1 heterocycles. The minimum atomic E-state index is -0.409. The Kier molecular flexibility index (Phi) is 4.18. The topological polar surface area (TPSA) is 81.0 Å². The Balaban J connectivity index is 2.32. The second-order valence-corrected chi connectivity index (χ2v) is 5.01. The summed E-state index contributed by atoms with van der Waals surface area (Å²) in [4.78, 5) is 10.3. The molecule has 0 saturated heterocycles. The summed E-state index contributed by atoms with van der Waals surface area (Å²) in [6.45, 7) is 2.07. The molecule has 1 atom stereocenters. The van der Waals surface area contributed by atoms with E-state index in [-0.39, 0.29) is 11.7 Å². The number of aromatic nitrogens is 2. The molecular formula is C12H14N4O2S. The van der Waals surface area contributed by atoms with E-state index in [1.807, 2.05) is 7.05 Å². The molecule has 2 aromatic rings. The second kappa shape index (κ2) is 5.85. The number of nitro groups is 1. The van der Waals surface area contributed by atoms with Crippen LogP contribution in [0.15, 0.2) is 24.3 Å². The predicted molar refractivity (Wildman–Crippen MR) is 74.1 cm³/mol. The van der Waals surface area contributed by atoms with Crippen LogP contribution in [-0.4, -0.2) is 22.2 Å². The number of benzene rings is 1. The Morgan fingerprint density at radius 3 is 2.89 bits per heavy atom. The first kappa shape index (κ1) is 13.6. The van der Waals surface area contributed by atoms with E-state index in [9.17, 15) is 10.1 Å². The molecule has 6 nitrogen and oxygen atoms in total. The number of nitrogens with zero attached hydrogens (tertiary/aromatic N) is 3. The lowest BCUT2D eigenvalue weighted by Gasteiger charge is -2.07. The average molecular weight is 278 g/mol. The second-order valence-electron chi connectivity index (χ2n) is 4.00. The van der Waals surface area contributed by atoms with E-state index in [1.165, 1.54) is 23.5 Å². The van der Waals surface area contributed by atoms with Crippen molar-refractivity contribution in [3.05, 3.63) is 39.4 Å². The summed E-state index contributed by atoms with van der Waals surface area (Å²) in [5.74, 6) is 0. The minimum absolute atomic E-state index is 0.0647. The highest BCUT2D eigenvalue weighted by Gasteiger charge is 2.15. The molecule has 100 valence electrons. The molecule has 1 aromatic heterocycles. The normalized spacial score (nSPS) is 12.3. The van der Waals surface area contributed by atoms with Crippen molar-refractivity contribution in [2.75, 3.05) is 7.05 Å². The highest BCUT2D eigenvalue weighted by atomic mass is 32.1. The summed E-state index contributed by atoms with van der Waals surface area (Å²) in [6.07, 6.45) is 0.917. The zero-order chi connectivity index (χ0) is 13.8. The number of hydrogen-bond acceptors (Lipinski definition) is 6. The summed E-state index contributed by atoms with van der Waals surface area (Å²) < 4.78 is 0. The summed E-state index contributed by atoms with van der Waals surface area (Å²) in [5, 5.41) is 23.8. The monoisotopic (exact) mass is 278 g/mol. The molecule has 19 heavy (non-hydrogen) atoms. The van der Waals surface area contributed by atoms with Crippen LogP contribution in [0.3, 0.4) is 0 Å². The van der Waals surface area contributed by atoms with E-state index >= 15 is 0 Å². The van der Waals surface area contributed by atoms with Gasteiger partial charge in [0.05, 0.1) is 11.0 Å². The maximum Gasteiger partial charge on any atom is 0.270 e. The number of hydrogen-bond donors (Lipinski definition) is 1. The van der Waals surface area contributed by atoms with Crippen molar-refractivity contribution >= 4 is 17.0 Å². The lowest BCUT2D eigenvalue weighted by atomic mass is 10.2. The maximum absolute atomic E-state index is 10.8. The fourth-order valence-corrected chi connectivity index (χ4v) is 2.78. The van der Waals surface area contributed by atoms with Crippen molar-refractivity contribution in [3.63, 3.8) is 0 Å². The van der Waals surface area contributed by atoms with E-state index in [1.54, 1.807) is 12.1 Å². The smallest absolute Gasteiger partial charge is 0.270 e. The van der Waals surface area contributed by atoms with Gasteiger partial charge >= 0.3 is 0 Å². The molecule has 0 aliphatic carbocycles. The van der Waals surface area contributed by atoms with Gasteiger partial charge in [-0.15, -0.1) is 10.2 Å². The number of rotatable bonds is 5. The standard InChI is InChI=1S/C12H14N4O2S/c1-3-10(13-2)12-15-14-11(19-12)8-5-4-6-9(7-8)16(17)18/h4-7,10,13H,3H2,1-2H3. The number of non-ortho nitro benzene ring substituents is 1. The van der Waals surface area contributed by atoms with Crippen molar-refractivity contribution in [1.82, 2.24) is 15.5 Å². The third-order valence-corrected chi connectivity index (χ3v) is 3.89. The lowest BCUT2D eigenvalue weighted by Crippen LogP contribution is -2.14. The molecule has 0 spiro atoms. The molecule has 0 aliphatic rings. The van der Waals surface area contributed by atoms with Crippen LogP contribution in [0.2, 0.25) is 0 Å². The Hall–Kier alpha value is -1.86. The van der Waals surface area contributed by atoms with Crippen molar-refractivity contribution in [3.8, 4) is 10.6 Å². The van der Waals surface area contributed by atoms with Crippen LogP contribution >= 0.6 is 11.3 Å². The fraction of sp³-hybridized carbons (Fsp3) is 0.333. The van der Waals surface area contributed by atoms with Crippen LogP contribution in [-0.2, 0) is 0 Å². The molecule has 2 rings (SSSR count). The Morgan fingerprint density at radius 2 is 2.26 bits per heavy atom. The van der Waals surface area contributed by atoms with E-state index in [0.29, 0.717) is 5.01 Å². The maximum atomic E-state index is 10.8. The summed E-state index contributed by atoms with van der Waals surface area (Å²) in [5.41, 5.74) is 0.791. The molecule has 0 aliphatic heterocycles. The van der Waals surface area contributed by atoms with Crippen LogP contribution < -0.4 is 5.32 Å². The molecule has 0 fully saturated rings. The number of nitro benzene ring substituents is 1. The molecule has 1 aromatic carbocycles. The average Bonchev–Trinajstić information content (AvgIpc) is 2.90. The largest absolute Gasteiger partial charge is 0.311 e. The quantitative estimate of drug-likeness (QED) is 0.672. The molecule has 0 saturated carbocycles. The van der Waals surface area contributed by atoms with Gasteiger partial charge in [-0.25, -0.2) is 0 Å². The number of nitrogens with one attached hydrogen (secondary N) is 1. The van der Waals surface area contributed by atoms with E-state index in [0.717, 1.165) is 17.0 Å². The van der Waals surface area contributed by atoms with Crippen molar-refractivity contribution in [1.29, 1.82) is 0 Å². The molecule has 1 N–H and O–H groups in total. The van der Waals surface area contributed by atoms with Gasteiger partial charge in [-0.2, -0.15) is 0 Å². The van der Waals surface area contributed by atoms with Crippen LogP contribution in [0.4, 0.5) is 5.69 Å². The molecule has 1 unspecified atom stereocenters. The zero-order valence-electron chi connectivity index (χ0n) is 10.7. The van der Waals surface area contributed by atoms with E-state index in [4.69, 9.17) is 0 Å². The van der Waals surface area contributed by atoms with Gasteiger partial charge in [0.1, 0.15) is 10.0 Å². The highest BCUT2D eigenvalue weighted by molar-refractivity contribution is 7.14. The first-order valence-corrected chi connectivity index (χ1v) is 6.72. The van der Waals surface area contributed by atoms with Gasteiger partial charge in [0.25, 0.3) is 5.69 Å². The SMILES string of the molecule is CCC(NC)c1nnc(-c2cccc([N+](=O)[O-])c2)s1. The fourth-order valence-electron chi connectivity index (χ4n) is 1.75. The van der Waals surface area contributed by atoms with E-state index in [2.05, 4.69) is 22.4 Å². The van der Waals surface area contributed by atoms with Gasteiger partial charge < -0.3 is 5.32 Å². The first-order valence-electron chi connectivity index (χ1n) is 5.91. The predicted octanol–water partition coefficient (Wildman–Crippen LogP) is 2.78. The summed E-state index contributed by atoms with van der Waals surface area (Å²) >= 11 is 1.46. The Bertz CT molecular complexity index is 581. The Labute approximate surface area is 114 Å². The van der Waals surface area contributed by atoms with Gasteiger partial charge in [0.2, 0.25) is 0 Å². The molecule has 0 bridgehead atoms. The highest BCUT2D eigenvalue weighted by Crippen LogP contribution is 2.29. The molecule has 7 heteroatoms. The molecular weight excluding hydrogens is 264 g/mol. The lowest BCUT2D eigenvalue weighted by molar-refractivity contribution is -0.384. The first-order chi connectivity index (χ1) is 9.15. The van der Waals surface area contributed by atoms with Gasteiger partial charge in [0.15, 0.2) is 0 Å². The van der Waals surface area contributed by atoms with Gasteiger partial charge in [-0.3, -0.25) is 10.1 Å². The van der Waals surface area contributed by atoms with Gasteiger partial charge in [-0.1, -0.05) is 30.4 Å². The zero-order valence-corrected chi connectivity index (χ0v) is 11.5. The van der Waals surface area contributed by atoms with Gasteiger partial charge in [-0.05, 0) is 13.5 Å².